The molecule has 0 heterocycles. The number of aliphatic hydroxyl groups excluding tert-OH is 2. The number of hydrogen-bond acceptors (Lipinski definition) is 5. The maximum atomic E-state index is 12.5. The first-order valence-electron chi connectivity index (χ1n) is 38.8. The molecule has 0 saturated carbocycles. The standard InChI is InChI=1S/C79H151NO5/c1-3-5-7-9-11-13-15-17-19-20-21-22-23-31-34-37-40-44-47-51-55-59-63-67-71-77(82)76(75-81)80-78(83)72-68-64-60-56-52-48-45-41-38-35-32-29-27-25-24-26-28-30-33-36-39-42-46-50-54-58-62-66-70-74-85-79(84)73-69-65-61-57-53-49-43-18-16-14-12-10-8-6-4-2/h24,26,30,33,67,71,76-77,81-82H,3-23,25,27-29,31-32,34-66,68-70,72-75H2,1-2H3,(H,80,83)/b26-24-,33-30-,71-67+. The van der Waals surface area contributed by atoms with Gasteiger partial charge in [0.25, 0.3) is 0 Å². The van der Waals surface area contributed by atoms with E-state index in [0.29, 0.717) is 19.4 Å². The van der Waals surface area contributed by atoms with E-state index in [1.807, 2.05) is 6.08 Å². The Morgan fingerprint density at radius 3 is 0.894 bits per heavy atom. The van der Waals surface area contributed by atoms with Crippen LogP contribution in [0.3, 0.4) is 0 Å². The van der Waals surface area contributed by atoms with Crippen molar-refractivity contribution in [2.45, 2.75) is 443 Å². The summed E-state index contributed by atoms with van der Waals surface area (Å²) in [6.07, 6.45) is 96.8. The lowest BCUT2D eigenvalue weighted by molar-refractivity contribution is -0.143. The van der Waals surface area contributed by atoms with Crippen LogP contribution in [0.25, 0.3) is 0 Å². The summed E-state index contributed by atoms with van der Waals surface area (Å²) in [6.45, 7) is 4.95. The summed E-state index contributed by atoms with van der Waals surface area (Å²) in [7, 11) is 0. The SMILES string of the molecule is CCCCCCCCCCCCCCCCCCCCCCCC/C=C/C(O)C(CO)NC(=O)CCCCCCCCCCCCCCC/C=C\C/C=C\CCCCCCCCCCCOC(=O)CCCCCCCCCCCCCCCCC. The number of aliphatic hydroxyl groups is 2. The monoisotopic (exact) mass is 1190 g/mol. The molecule has 502 valence electrons. The number of unbranched alkanes of at least 4 members (excludes halogenated alkanes) is 58. The van der Waals surface area contributed by atoms with Gasteiger partial charge in [-0.3, -0.25) is 9.59 Å². The molecule has 6 heteroatoms. The van der Waals surface area contributed by atoms with E-state index in [1.54, 1.807) is 6.08 Å². The van der Waals surface area contributed by atoms with Gasteiger partial charge >= 0.3 is 5.97 Å². The van der Waals surface area contributed by atoms with E-state index < -0.39 is 12.1 Å². The van der Waals surface area contributed by atoms with Crippen LogP contribution in [0, 0.1) is 0 Å². The molecule has 2 unspecified atom stereocenters. The number of rotatable bonds is 73. The van der Waals surface area contributed by atoms with Crippen LogP contribution >= 0.6 is 0 Å². The second-order valence-electron chi connectivity index (χ2n) is 26.7. The van der Waals surface area contributed by atoms with Gasteiger partial charge in [0.1, 0.15) is 0 Å². The summed E-state index contributed by atoms with van der Waals surface area (Å²) < 4.78 is 5.50. The van der Waals surface area contributed by atoms with E-state index in [0.717, 1.165) is 44.9 Å². The Labute approximate surface area is 532 Å². The number of esters is 1. The van der Waals surface area contributed by atoms with Crippen molar-refractivity contribution in [3.63, 3.8) is 0 Å². The summed E-state index contributed by atoms with van der Waals surface area (Å²) in [5.74, 6) is -0.0490. The van der Waals surface area contributed by atoms with Gasteiger partial charge in [-0.1, -0.05) is 391 Å². The third-order valence-corrected chi connectivity index (χ3v) is 18.2. The fourth-order valence-electron chi connectivity index (χ4n) is 12.3. The summed E-state index contributed by atoms with van der Waals surface area (Å²) >= 11 is 0. The van der Waals surface area contributed by atoms with Crippen LogP contribution in [0.15, 0.2) is 36.5 Å². The molecule has 2 atom stereocenters. The fraction of sp³-hybridized carbons (Fsp3) is 0.899. The van der Waals surface area contributed by atoms with Crippen LogP contribution in [0.2, 0.25) is 0 Å². The van der Waals surface area contributed by atoms with Gasteiger partial charge in [-0.05, 0) is 64.2 Å². The minimum absolute atomic E-state index is 0.0153. The number of ether oxygens (including phenoxy) is 1. The zero-order valence-corrected chi connectivity index (χ0v) is 57.6. The van der Waals surface area contributed by atoms with Crippen molar-refractivity contribution < 1.29 is 24.5 Å². The molecule has 0 aliphatic rings. The number of hydrogen-bond donors (Lipinski definition) is 3. The van der Waals surface area contributed by atoms with Crippen molar-refractivity contribution in [3.8, 4) is 0 Å². The number of carbonyl (C=O) groups is 2. The topological polar surface area (TPSA) is 95.9 Å². The molecule has 0 aromatic rings. The molecular formula is C79H151NO5. The molecule has 6 nitrogen and oxygen atoms in total. The molecular weight excluding hydrogens is 1040 g/mol. The maximum Gasteiger partial charge on any atom is 0.305 e. The Kier molecular flexibility index (Phi) is 72.9. The van der Waals surface area contributed by atoms with Gasteiger partial charge in [-0.25, -0.2) is 0 Å². The van der Waals surface area contributed by atoms with Gasteiger partial charge in [0.05, 0.1) is 25.4 Å². The number of amides is 1. The normalized spacial score (nSPS) is 12.7. The second kappa shape index (κ2) is 74.5. The molecule has 0 rings (SSSR count). The van der Waals surface area contributed by atoms with Crippen molar-refractivity contribution in [2.75, 3.05) is 13.2 Å². The van der Waals surface area contributed by atoms with Crippen molar-refractivity contribution >= 4 is 11.9 Å². The third-order valence-electron chi connectivity index (χ3n) is 18.2. The zero-order valence-electron chi connectivity index (χ0n) is 57.6. The van der Waals surface area contributed by atoms with Crippen molar-refractivity contribution in [1.82, 2.24) is 5.32 Å². The van der Waals surface area contributed by atoms with Crippen molar-refractivity contribution in [3.05, 3.63) is 36.5 Å². The minimum atomic E-state index is -0.847. The van der Waals surface area contributed by atoms with E-state index in [2.05, 4.69) is 43.5 Å². The molecule has 0 aliphatic carbocycles. The average molecular weight is 1200 g/mol. The maximum absolute atomic E-state index is 12.5. The quantitative estimate of drug-likeness (QED) is 0.0320. The van der Waals surface area contributed by atoms with Gasteiger partial charge in [-0.2, -0.15) is 0 Å². The molecule has 0 aromatic heterocycles. The predicted octanol–water partition coefficient (Wildman–Crippen LogP) is 25.4. The summed E-state index contributed by atoms with van der Waals surface area (Å²) in [5.41, 5.74) is 0. The highest BCUT2D eigenvalue weighted by Gasteiger charge is 2.18. The smallest absolute Gasteiger partial charge is 0.305 e. The largest absolute Gasteiger partial charge is 0.466 e. The van der Waals surface area contributed by atoms with Crippen molar-refractivity contribution in [1.29, 1.82) is 0 Å². The molecule has 0 aromatic carbocycles. The molecule has 0 spiro atoms. The Morgan fingerprint density at radius 1 is 0.329 bits per heavy atom. The van der Waals surface area contributed by atoms with Gasteiger partial charge in [0, 0.05) is 12.8 Å². The molecule has 85 heavy (non-hydrogen) atoms. The van der Waals surface area contributed by atoms with Crippen LogP contribution in [0.1, 0.15) is 431 Å². The van der Waals surface area contributed by atoms with Crippen LogP contribution in [0.4, 0.5) is 0 Å². The Hall–Kier alpha value is -1.92. The lowest BCUT2D eigenvalue weighted by Crippen LogP contribution is -2.45. The number of allylic oxidation sites excluding steroid dienone is 5. The van der Waals surface area contributed by atoms with Gasteiger partial charge in [0.2, 0.25) is 5.91 Å². The predicted molar refractivity (Wildman–Crippen MR) is 375 cm³/mol. The Balaban J connectivity index is 3.42. The second-order valence-corrected chi connectivity index (χ2v) is 26.7. The Morgan fingerprint density at radius 2 is 0.588 bits per heavy atom. The lowest BCUT2D eigenvalue weighted by atomic mass is 10.0. The van der Waals surface area contributed by atoms with E-state index >= 15 is 0 Å². The van der Waals surface area contributed by atoms with Crippen LogP contribution in [0.5, 0.6) is 0 Å². The van der Waals surface area contributed by atoms with Crippen LogP contribution in [-0.4, -0.2) is 47.4 Å². The molecule has 0 aliphatic heterocycles. The van der Waals surface area contributed by atoms with Crippen LogP contribution in [-0.2, 0) is 14.3 Å². The van der Waals surface area contributed by atoms with Gasteiger partial charge in [-0.15, -0.1) is 0 Å². The van der Waals surface area contributed by atoms with E-state index in [9.17, 15) is 19.8 Å². The van der Waals surface area contributed by atoms with Crippen molar-refractivity contribution in [2.24, 2.45) is 0 Å². The Bertz CT molecular complexity index is 1380. The molecule has 0 bridgehead atoms. The number of carbonyl (C=O) groups excluding carboxylic acids is 2. The minimum Gasteiger partial charge on any atom is -0.466 e. The summed E-state index contributed by atoms with van der Waals surface area (Å²) in [5, 5.41) is 23.3. The first-order chi connectivity index (χ1) is 42.0. The average Bonchev–Trinajstić information content (AvgIpc) is 3.51. The molecule has 0 saturated heterocycles. The third kappa shape index (κ3) is 71.0. The van der Waals surface area contributed by atoms with E-state index in [4.69, 9.17) is 4.74 Å². The first-order valence-corrected chi connectivity index (χ1v) is 38.8. The molecule has 0 radical (unpaired) electrons. The van der Waals surface area contributed by atoms with Gasteiger partial charge in [0.15, 0.2) is 0 Å². The molecule has 1 amide bonds. The van der Waals surface area contributed by atoms with E-state index in [1.165, 1.54) is 360 Å². The molecule has 3 N–H and O–H groups in total. The highest BCUT2D eigenvalue weighted by Crippen LogP contribution is 2.19. The van der Waals surface area contributed by atoms with E-state index in [-0.39, 0.29) is 18.5 Å². The highest BCUT2D eigenvalue weighted by molar-refractivity contribution is 5.76. The highest BCUT2D eigenvalue weighted by atomic mass is 16.5. The summed E-state index contributed by atoms with van der Waals surface area (Å²) in [4.78, 5) is 24.6. The van der Waals surface area contributed by atoms with Gasteiger partial charge < -0.3 is 20.3 Å². The molecule has 0 fully saturated rings. The lowest BCUT2D eigenvalue weighted by Gasteiger charge is -2.20. The van der Waals surface area contributed by atoms with Crippen LogP contribution < -0.4 is 5.32 Å². The summed E-state index contributed by atoms with van der Waals surface area (Å²) in [6, 6.07) is -0.631. The first kappa shape index (κ1) is 83.1. The fourth-order valence-corrected chi connectivity index (χ4v) is 12.3. The zero-order chi connectivity index (χ0) is 61.3. The number of nitrogens with one attached hydrogen (secondary N) is 1.